The molecule has 0 saturated carbocycles. The van der Waals surface area contributed by atoms with Gasteiger partial charge in [0, 0.05) is 10.0 Å². The fourth-order valence-corrected chi connectivity index (χ4v) is 2.87. The van der Waals surface area contributed by atoms with Crippen molar-refractivity contribution >= 4 is 43.5 Å². The van der Waals surface area contributed by atoms with Crippen LogP contribution in [0.25, 0.3) is 0 Å². The SMILES string of the molecule is CCNC(c1ccc(Br)c(Cl)c1)c1c(F)ccc(Br)c1F. The molecule has 1 atom stereocenters. The Morgan fingerprint density at radius 2 is 1.81 bits per heavy atom. The van der Waals surface area contributed by atoms with E-state index >= 15 is 0 Å². The summed E-state index contributed by atoms with van der Waals surface area (Å²) in [6.07, 6.45) is 0. The molecule has 1 nitrogen and oxygen atoms in total. The summed E-state index contributed by atoms with van der Waals surface area (Å²) >= 11 is 12.5. The Morgan fingerprint density at radius 1 is 1.14 bits per heavy atom. The molecule has 2 aromatic carbocycles. The second-order valence-electron chi connectivity index (χ2n) is 4.42. The van der Waals surface area contributed by atoms with Gasteiger partial charge in [-0.3, -0.25) is 0 Å². The molecule has 0 spiro atoms. The first-order chi connectivity index (χ1) is 9.95. The first-order valence-corrected chi connectivity index (χ1v) is 8.23. The average Bonchev–Trinajstić information content (AvgIpc) is 2.45. The Labute approximate surface area is 144 Å². The van der Waals surface area contributed by atoms with Crippen LogP contribution in [-0.2, 0) is 0 Å². The number of rotatable bonds is 4. The molecule has 6 heteroatoms. The molecule has 0 aliphatic rings. The highest BCUT2D eigenvalue weighted by Crippen LogP contribution is 2.33. The summed E-state index contributed by atoms with van der Waals surface area (Å²) in [6, 6.07) is 7.22. The molecule has 0 aliphatic carbocycles. The Balaban J connectivity index is 2.58. The normalized spacial score (nSPS) is 12.5. The minimum Gasteiger partial charge on any atom is -0.306 e. The van der Waals surface area contributed by atoms with Crippen LogP contribution >= 0.6 is 43.5 Å². The van der Waals surface area contributed by atoms with Crippen LogP contribution in [0.2, 0.25) is 5.02 Å². The molecule has 0 bridgehead atoms. The minimum absolute atomic E-state index is 0.0235. The second kappa shape index (κ2) is 7.18. The number of nitrogens with one attached hydrogen (secondary N) is 1. The Bertz CT molecular complexity index is 664. The molecule has 112 valence electrons. The number of halogens is 5. The van der Waals surface area contributed by atoms with Gasteiger partial charge in [0.1, 0.15) is 11.6 Å². The fraction of sp³-hybridized carbons (Fsp3) is 0.200. The molecule has 0 aromatic heterocycles. The van der Waals surface area contributed by atoms with Gasteiger partial charge in [0.2, 0.25) is 0 Å². The zero-order chi connectivity index (χ0) is 15.6. The van der Waals surface area contributed by atoms with Crippen LogP contribution in [0.1, 0.15) is 24.1 Å². The third-order valence-corrected chi connectivity index (χ3v) is 4.90. The first-order valence-electron chi connectivity index (χ1n) is 6.27. The van der Waals surface area contributed by atoms with E-state index in [4.69, 9.17) is 11.6 Å². The molecule has 0 radical (unpaired) electrons. The maximum absolute atomic E-state index is 14.3. The van der Waals surface area contributed by atoms with Crippen molar-refractivity contribution in [2.24, 2.45) is 0 Å². The Kier molecular flexibility index (Phi) is 5.77. The van der Waals surface area contributed by atoms with Crippen molar-refractivity contribution in [3.8, 4) is 0 Å². The van der Waals surface area contributed by atoms with Crippen LogP contribution in [0.3, 0.4) is 0 Å². The maximum atomic E-state index is 14.3. The molecule has 0 amide bonds. The average molecular weight is 440 g/mol. The summed E-state index contributed by atoms with van der Waals surface area (Å²) in [5.74, 6) is -1.21. The van der Waals surface area contributed by atoms with Gasteiger partial charge in [-0.05, 0) is 68.2 Å². The third-order valence-electron chi connectivity index (χ3n) is 3.05. The van der Waals surface area contributed by atoms with Gasteiger partial charge < -0.3 is 5.32 Å². The number of hydrogen-bond acceptors (Lipinski definition) is 1. The largest absolute Gasteiger partial charge is 0.306 e. The molecule has 0 aliphatic heterocycles. The number of benzene rings is 2. The Hall–Kier alpha value is -0.490. The number of hydrogen-bond donors (Lipinski definition) is 1. The highest BCUT2D eigenvalue weighted by atomic mass is 79.9. The molecule has 2 aromatic rings. The minimum atomic E-state index is -0.613. The van der Waals surface area contributed by atoms with Gasteiger partial charge in [0.05, 0.1) is 15.5 Å². The molecule has 0 heterocycles. The molecule has 1 N–H and O–H groups in total. The molecule has 0 saturated heterocycles. The van der Waals surface area contributed by atoms with Gasteiger partial charge in [-0.15, -0.1) is 0 Å². The summed E-state index contributed by atoms with van der Waals surface area (Å²) in [6.45, 7) is 2.44. The summed E-state index contributed by atoms with van der Waals surface area (Å²) in [5, 5.41) is 3.59. The summed E-state index contributed by atoms with van der Waals surface area (Å²) in [4.78, 5) is 0. The van der Waals surface area contributed by atoms with Crippen molar-refractivity contribution in [3.05, 3.63) is 67.1 Å². The summed E-state index contributed by atoms with van der Waals surface area (Å²) < 4.78 is 29.4. The lowest BCUT2D eigenvalue weighted by Crippen LogP contribution is -2.24. The van der Waals surface area contributed by atoms with E-state index in [9.17, 15) is 8.78 Å². The van der Waals surface area contributed by atoms with Crippen LogP contribution in [0.4, 0.5) is 8.78 Å². The lowest BCUT2D eigenvalue weighted by atomic mass is 9.97. The molecule has 21 heavy (non-hydrogen) atoms. The van der Waals surface area contributed by atoms with Crippen LogP contribution in [-0.4, -0.2) is 6.54 Å². The lowest BCUT2D eigenvalue weighted by Gasteiger charge is -2.21. The molecule has 2 rings (SSSR count). The molecular weight excluding hydrogens is 427 g/mol. The van der Waals surface area contributed by atoms with Gasteiger partial charge in [-0.1, -0.05) is 24.6 Å². The van der Waals surface area contributed by atoms with E-state index in [0.717, 1.165) is 4.47 Å². The highest BCUT2D eigenvalue weighted by Gasteiger charge is 2.23. The van der Waals surface area contributed by atoms with Crippen molar-refractivity contribution in [3.63, 3.8) is 0 Å². The van der Waals surface area contributed by atoms with Gasteiger partial charge in [-0.25, -0.2) is 8.78 Å². The van der Waals surface area contributed by atoms with E-state index in [1.54, 1.807) is 18.2 Å². The van der Waals surface area contributed by atoms with E-state index in [1.165, 1.54) is 12.1 Å². The zero-order valence-corrected chi connectivity index (χ0v) is 15.0. The van der Waals surface area contributed by atoms with Crippen molar-refractivity contribution < 1.29 is 8.78 Å². The third kappa shape index (κ3) is 3.65. The topological polar surface area (TPSA) is 12.0 Å². The van der Waals surface area contributed by atoms with Crippen LogP contribution in [0, 0.1) is 11.6 Å². The molecule has 1 unspecified atom stereocenters. The second-order valence-corrected chi connectivity index (χ2v) is 6.54. The van der Waals surface area contributed by atoms with E-state index in [1.807, 2.05) is 6.92 Å². The van der Waals surface area contributed by atoms with Gasteiger partial charge >= 0.3 is 0 Å². The smallest absolute Gasteiger partial charge is 0.145 e. The quantitative estimate of drug-likeness (QED) is 0.590. The predicted octanol–water partition coefficient (Wildman–Crippen LogP) is 5.84. The summed E-state index contributed by atoms with van der Waals surface area (Å²) in [5.41, 5.74) is 0.672. The first kappa shape index (κ1) is 16.9. The van der Waals surface area contributed by atoms with Crippen molar-refractivity contribution in [2.75, 3.05) is 6.54 Å². The Morgan fingerprint density at radius 3 is 2.43 bits per heavy atom. The van der Waals surface area contributed by atoms with E-state index < -0.39 is 17.7 Å². The van der Waals surface area contributed by atoms with E-state index in [2.05, 4.69) is 37.2 Å². The standard InChI is InChI=1S/C15H12Br2ClF2N/c1-2-21-15(8-3-4-9(16)11(18)7-8)13-12(19)6-5-10(17)14(13)20/h3-7,15,21H,2H2,1H3. The van der Waals surface area contributed by atoms with Crippen molar-refractivity contribution in [2.45, 2.75) is 13.0 Å². The fourth-order valence-electron chi connectivity index (χ4n) is 2.09. The molecule has 0 fully saturated rings. The summed E-state index contributed by atoms with van der Waals surface area (Å²) in [7, 11) is 0. The monoisotopic (exact) mass is 437 g/mol. The van der Waals surface area contributed by atoms with E-state index in [0.29, 0.717) is 17.1 Å². The maximum Gasteiger partial charge on any atom is 0.145 e. The van der Waals surface area contributed by atoms with Crippen LogP contribution < -0.4 is 5.32 Å². The van der Waals surface area contributed by atoms with E-state index in [-0.39, 0.29) is 10.0 Å². The zero-order valence-electron chi connectivity index (χ0n) is 11.1. The predicted molar refractivity (Wildman–Crippen MR) is 88.7 cm³/mol. The van der Waals surface area contributed by atoms with Crippen molar-refractivity contribution in [1.82, 2.24) is 5.32 Å². The van der Waals surface area contributed by atoms with Crippen LogP contribution in [0.15, 0.2) is 39.3 Å². The lowest BCUT2D eigenvalue weighted by molar-refractivity contribution is 0.507. The van der Waals surface area contributed by atoms with Gasteiger partial charge in [-0.2, -0.15) is 0 Å². The van der Waals surface area contributed by atoms with Crippen molar-refractivity contribution in [1.29, 1.82) is 0 Å². The van der Waals surface area contributed by atoms with Crippen LogP contribution in [0.5, 0.6) is 0 Å². The van der Waals surface area contributed by atoms with Gasteiger partial charge in [0.25, 0.3) is 0 Å². The molecular formula is C15H12Br2ClF2N. The van der Waals surface area contributed by atoms with Gasteiger partial charge in [0.15, 0.2) is 0 Å². The highest BCUT2D eigenvalue weighted by molar-refractivity contribution is 9.10.